The van der Waals surface area contributed by atoms with Crippen LogP contribution in [0.5, 0.6) is 0 Å². The Morgan fingerprint density at radius 2 is 1.04 bits per heavy atom. The smallest absolute Gasteiger partial charge is 0.239 e. The SMILES string of the molecule is O=C1CSC2=NCCCCCCN=C3SCC(=O)N3CCCCCCN12. The Morgan fingerprint density at radius 1 is 0.615 bits per heavy atom. The Morgan fingerprint density at radius 3 is 1.50 bits per heavy atom. The van der Waals surface area contributed by atoms with E-state index in [2.05, 4.69) is 9.98 Å². The highest BCUT2D eigenvalue weighted by atomic mass is 32.2. The predicted octanol–water partition coefficient (Wildman–Crippen LogP) is 2.98. The minimum atomic E-state index is 0.198. The number of carbonyl (C=O) groups is 2. The number of nitrogens with zero attached hydrogens (tertiary/aromatic N) is 4. The van der Waals surface area contributed by atoms with Crippen LogP contribution in [0.15, 0.2) is 9.98 Å². The van der Waals surface area contributed by atoms with Crippen LogP contribution in [0.4, 0.5) is 0 Å². The molecule has 2 amide bonds. The third kappa shape index (κ3) is 5.49. The van der Waals surface area contributed by atoms with Gasteiger partial charge in [-0.2, -0.15) is 0 Å². The second-order valence-corrected chi connectivity index (χ2v) is 8.71. The highest BCUT2D eigenvalue weighted by Gasteiger charge is 2.28. The Hall–Kier alpha value is -1.02. The Bertz CT molecular complexity index is 530. The Labute approximate surface area is 164 Å². The van der Waals surface area contributed by atoms with Crippen molar-refractivity contribution >= 4 is 45.7 Å². The predicted molar refractivity (Wildman–Crippen MR) is 110 cm³/mol. The van der Waals surface area contributed by atoms with Gasteiger partial charge in [-0.05, 0) is 25.7 Å². The lowest BCUT2D eigenvalue weighted by atomic mass is 10.2. The number of amidine groups is 2. The van der Waals surface area contributed by atoms with Crippen LogP contribution in [-0.4, -0.2) is 69.6 Å². The molecule has 0 atom stereocenters. The molecule has 0 N–H and O–H groups in total. The maximum Gasteiger partial charge on any atom is 0.239 e. The van der Waals surface area contributed by atoms with E-state index < -0.39 is 0 Å². The van der Waals surface area contributed by atoms with E-state index >= 15 is 0 Å². The third-order valence-electron chi connectivity index (χ3n) is 4.79. The number of rotatable bonds is 0. The van der Waals surface area contributed by atoms with Crippen molar-refractivity contribution in [1.82, 2.24) is 9.80 Å². The molecule has 0 unspecified atom stereocenters. The van der Waals surface area contributed by atoms with Crippen molar-refractivity contribution < 1.29 is 9.59 Å². The molecular weight excluding hydrogens is 368 g/mol. The average Bonchev–Trinajstić information content (AvgIpc) is 3.16. The number of thioether (sulfide) groups is 2. The molecule has 26 heavy (non-hydrogen) atoms. The summed E-state index contributed by atoms with van der Waals surface area (Å²) in [7, 11) is 0. The normalized spacial score (nSPS) is 24.5. The topological polar surface area (TPSA) is 65.3 Å². The molecule has 2 saturated heterocycles. The molecule has 3 aliphatic heterocycles. The fourth-order valence-electron chi connectivity index (χ4n) is 3.30. The van der Waals surface area contributed by atoms with Gasteiger partial charge in [0.15, 0.2) is 10.3 Å². The van der Waals surface area contributed by atoms with E-state index in [1.54, 1.807) is 23.5 Å². The zero-order valence-electron chi connectivity index (χ0n) is 15.3. The Balaban J connectivity index is 1.55. The lowest BCUT2D eigenvalue weighted by Crippen LogP contribution is -2.31. The van der Waals surface area contributed by atoms with E-state index in [-0.39, 0.29) is 11.8 Å². The molecule has 0 saturated carbocycles. The van der Waals surface area contributed by atoms with Crippen molar-refractivity contribution in [3.05, 3.63) is 0 Å². The fraction of sp³-hybridized carbons (Fsp3) is 0.778. The molecule has 0 aromatic heterocycles. The van der Waals surface area contributed by atoms with Crippen LogP contribution in [0.25, 0.3) is 0 Å². The maximum absolute atomic E-state index is 12.1. The quantitative estimate of drug-likeness (QED) is 0.631. The van der Waals surface area contributed by atoms with Crippen LogP contribution in [-0.2, 0) is 9.59 Å². The van der Waals surface area contributed by atoms with E-state index in [0.717, 1.165) is 87.9 Å². The number of hydrogen-bond acceptors (Lipinski definition) is 6. The molecule has 3 aliphatic rings. The van der Waals surface area contributed by atoms with Crippen LogP contribution in [0, 0.1) is 0 Å². The van der Waals surface area contributed by atoms with Crippen molar-refractivity contribution in [3.63, 3.8) is 0 Å². The first-order valence-corrected chi connectivity index (χ1v) is 11.7. The lowest BCUT2D eigenvalue weighted by molar-refractivity contribution is -0.125. The third-order valence-corrected chi connectivity index (χ3v) is 6.79. The molecule has 0 aromatic carbocycles. The van der Waals surface area contributed by atoms with Crippen molar-refractivity contribution in [2.24, 2.45) is 9.98 Å². The van der Waals surface area contributed by atoms with Crippen molar-refractivity contribution in [2.45, 2.75) is 51.4 Å². The number of amides is 2. The molecule has 0 radical (unpaired) electrons. The summed E-state index contributed by atoms with van der Waals surface area (Å²) in [5, 5.41) is 1.84. The summed E-state index contributed by atoms with van der Waals surface area (Å²) >= 11 is 3.16. The first kappa shape index (κ1) is 19.7. The number of carbonyl (C=O) groups excluding carboxylic acids is 2. The molecule has 3 heterocycles. The molecule has 0 spiro atoms. The van der Waals surface area contributed by atoms with Gasteiger partial charge in [0.25, 0.3) is 0 Å². The highest BCUT2D eigenvalue weighted by molar-refractivity contribution is 8.15. The number of hydrogen-bond donors (Lipinski definition) is 0. The summed E-state index contributed by atoms with van der Waals surface area (Å²) in [6.07, 6.45) is 8.52. The summed E-state index contributed by atoms with van der Waals surface area (Å²) in [6, 6.07) is 0. The fourth-order valence-corrected chi connectivity index (χ4v) is 5.18. The van der Waals surface area contributed by atoms with E-state index in [1.807, 2.05) is 9.80 Å². The first-order valence-electron chi connectivity index (χ1n) is 9.71. The van der Waals surface area contributed by atoms with Crippen LogP contribution < -0.4 is 0 Å². The largest absolute Gasteiger partial charge is 0.291 e. The average molecular weight is 397 g/mol. The zero-order chi connectivity index (χ0) is 18.2. The molecule has 6 nitrogen and oxygen atoms in total. The van der Waals surface area contributed by atoms with E-state index in [1.165, 1.54) is 0 Å². The van der Waals surface area contributed by atoms with E-state index in [4.69, 9.17) is 0 Å². The summed E-state index contributed by atoms with van der Waals surface area (Å²) in [5.41, 5.74) is 0. The number of aliphatic imine (C=N–C) groups is 2. The molecule has 144 valence electrons. The van der Waals surface area contributed by atoms with Gasteiger partial charge in [-0.15, -0.1) is 0 Å². The van der Waals surface area contributed by atoms with E-state index in [0.29, 0.717) is 11.5 Å². The van der Waals surface area contributed by atoms with Crippen LogP contribution in [0.3, 0.4) is 0 Å². The van der Waals surface area contributed by atoms with Gasteiger partial charge < -0.3 is 0 Å². The second-order valence-electron chi connectivity index (χ2n) is 6.83. The molecule has 0 bridgehead atoms. The molecule has 0 aromatic rings. The number of fused-ring (bicyclic) bond motifs is 2. The van der Waals surface area contributed by atoms with Gasteiger partial charge in [0.2, 0.25) is 11.8 Å². The van der Waals surface area contributed by atoms with E-state index in [9.17, 15) is 9.59 Å². The van der Waals surface area contributed by atoms with Crippen molar-refractivity contribution in [2.75, 3.05) is 37.7 Å². The minimum Gasteiger partial charge on any atom is -0.291 e. The van der Waals surface area contributed by atoms with Crippen molar-refractivity contribution in [3.8, 4) is 0 Å². The zero-order valence-corrected chi connectivity index (χ0v) is 17.0. The van der Waals surface area contributed by atoms with Gasteiger partial charge in [-0.1, -0.05) is 49.2 Å². The van der Waals surface area contributed by atoms with Gasteiger partial charge in [-0.25, -0.2) is 0 Å². The van der Waals surface area contributed by atoms with Gasteiger partial charge in [0, 0.05) is 26.2 Å². The molecule has 3 rings (SSSR count). The van der Waals surface area contributed by atoms with Gasteiger partial charge in [0.05, 0.1) is 11.5 Å². The standard InChI is InChI=1S/C18H28N4O2S2/c23-15-13-25-17-19-9-5-1-2-6-10-20-18-22(16(24)14-26-18)12-8-4-3-7-11-21(15)17/h1-14H2. The highest BCUT2D eigenvalue weighted by Crippen LogP contribution is 2.22. The monoisotopic (exact) mass is 396 g/mol. The summed E-state index contributed by atoms with van der Waals surface area (Å²) < 4.78 is 0. The first-order chi connectivity index (χ1) is 12.8. The molecule has 2 fully saturated rings. The van der Waals surface area contributed by atoms with Crippen LogP contribution in [0.2, 0.25) is 0 Å². The summed E-state index contributed by atoms with van der Waals surface area (Å²) in [5.74, 6) is 1.47. The van der Waals surface area contributed by atoms with Crippen LogP contribution >= 0.6 is 23.5 Å². The summed E-state index contributed by atoms with van der Waals surface area (Å²) in [4.78, 5) is 37.2. The van der Waals surface area contributed by atoms with Crippen molar-refractivity contribution in [1.29, 1.82) is 0 Å². The molecular formula is C18H28N4O2S2. The molecule has 0 aliphatic carbocycles. The summed E-state index contributed by atoms with van der Waals surface area (Å²) in [6.45, 7) is 3.16. The van der Waals surface area contributed by atoms with Gasteiger partial charge in [0.1, 0.15) is 0 Å². The second kappa shape index (κ2) is 10.3. The van der Waals surface area contributed by atoms with Crippen LogP contribution in [0.1, 0.15) is 51.4 Å². The minimum absolute atomic E-state index is 0.198. The maximum atomic E-state index is 12.1. The lowest BCUT2D eigenvalue weighted by Gasteiger charge is -2.17. The Kier molecular flexibility index (Phi) is 7.85. The molecule has 8 heteroatoms. The van der Waals surface area contributed by atoms with Gasteiger partial charge >= 0.3 is 0 Å². The van der Waals surface area contributed by atoms with Gasteiger partial charge in [-0.3, -0.25) is 29.4 Å².